The molecular formula is C19H21ClN2O3. The third-order valence-corrected chi connectivity index (χ3v) is 4.26. The Morgan fingerprint density at radius 3 is 2.40 bits per heavy atom. The number of anilines is 1. The van der Waals surface area contributed by atoms with Gasteiger partial charge in [0, 0.05) is 6.54 Å². The van der Waals surface area contributed by atoms with Crippen LogP contribution in [-0.4, -0.2) is 36.9 Å². The molecular weight excluding hydrogens is 340 g/mol. The van der Waals surface area contributed by atoms with Crippen molar-refractivity contribution >= 4 is 29.9 Å². The van der Waals surface area contributed by atoms with Crippen LogP contribution in [0.25, 0.3) is 0 Å². The summed E-state index contributed by atoms with van der Waals surface area (Å²) in [6.45, 7) is 0.615. The lowest BCUT2D eigenvalue weighted by Gasteiger charge is -2.23. The predicted octanol–water partition coefficient (Wildman–Crippen LogP) is 2.88. The Morgan fingerprint density at radius 2 is 1.72 bits per heavy atom. The lowest BCUT2D eigenvalue weighted by Crippen LogP contribution is -2.39. The van der Waals surface area contributed by atoms with Gasteiger partial charge in [0.05, 0.1) is 25.3 Å². The van der Waals surface area contributed by atoms with Gasteiger partial charge in [-0.15, -0.1) is 12.4 Å². The minimum Gasteiger partial charge on any atom is -0.495 e. The van der Waals surface area contributed by atoms with Crippen LogP contribution in [0.3, 0.4) is 0 Å². The third-order valence-electron chi connectivity index (χ3n) is 4.26. The van der Waals surface area contributed by atoms with Gasteiger partial charge in [-0.05, 0) is 24.7 Å². The molecule has 0 aromatic heterocycles. The number of likely N-dealkylation sites (N-methyl/N-ethyl adjacent to an activating group) is 1. The summed E-state index contributed by atoms with van der Waals surface area (Å²) in [5, 5.41) is 0. The lowest BCUT2D eigenvalue weighted by atomic mass is 10.1. The first-order valence-electron chi connectivity index (χ1n) is 7.86. The number of methoxy groups -OCH3 is 1. The van der Waals surface area contributed by atoms with Crippen LogP contribution < -0.4 is 9.64 Å². The van der Waals surface area contributed by atoms with Crippen LogP contribution in [0, 0.1) is 0 Å². The largest absolute Gasteiger partial charge is 0.495 e. The van der Waals surface area contributed by atoms with Crippen LogP contribution >= 0.6 is 12.4 Å². The maximum absolute atomic E-state index is 12.8. The highest BCUT2D eigenvalue weighted by atomic mass is 35.5. The van der Waals surface area contributed by atoms with Crippen LogP contribution in [0.2, 0.25) is 0 Å². The second-order valence-corrected chi connectivity index (χ2v) is 5.86. The zero-order valence-electron chi connectivity index (χ0n) is 14.2. The summed E-state index contributed by atoms with van der Waals surface area (Å²) in [7, 11) is 3.40. The highest BCUT2D eigenvalue weighted by Gasteiger charge is 2.42. The number of carbonyl (C=O) groups excluding carboxylic acids is 2. The highest BCUT2D eigenvalue weighted by molar-refractivity contribution is 6.23. The van der Waals surface area contributed by atoms with Crippen LogP contribution in [0.4, 0.5) is 5.69 Å². The number of rotatable bonds is 5. The van der Waals surface area contributed by atoms with Crippen molar-refractivity contribution in [3.05, 3.63) is 60.2 Å². The fourth-order valence-corrected chi connectivity index (χ4v) is 3.01. The fraction of sp³-hybridized carbons (Fsp3) is 0.263. The van der Waals surface area contributed by atoms with E-state index in [2.05, 4.69) is 0 Å². The number of carbonyl (C=O) groups is 2. The molecule has 132 valence electrons. The molecule has 6 heteroatoms. The number of benzene rings is 2. The Balaban J connectivity index is 0.00000225. The Kier molecular flexibility index (Phi) is 6.17. The van der Waals surface area contributed by atoms with E-state index in [-0.39, 0.29) is 30.6 Å². The van der Waals surface area contributed by atoms with E-state index in [1.54, 1.807) is 18.2 Å². The summed E-state index contributed by atoms with van der Waals surface area (Å²) in [5.74, 6) is 0.114. The molecule has 5 nitrogen and oxygen atoms in total. The van der Waals surface area contributed by atoms with Crippen LogP contribution in [0.5, 0.6) is 5.75 Å². The topological polar surface area (TPSA) is 49.9 Å². The first-order chi connectivity index (χ1) is 11.6. The molecule has 1 heterocycles. The molecule has 2 aromatic rings. The minimum absolute atomic E-state index is 0. The van der Waals surface area contributed by atoms with Gasteiger partial charge < -0.3 is 4.74 Å². The Bertz CT molecular complexity index is 751. The second-order valence-electron chi connectivity index (χ2n) is 5.86. The van der Waals surface area contributed by atoms with Gasteiger partial charge in [0.2, 0.25) is 5.91 Å². The molecule has 1 aliphatic rings. The number of nitrogens with zero attached hydrogens (tertiary/aromatic N) is 2. The number of ether oxygens (including phenoxy) is 1. The smallest absolute Gasteiger partial charge is 0.251 e. The molecule has 1 unspecified atom stereocenters. The zero-order chi connectivity index (χ0) is 17.1. The van der Waals surface area contributed by atoms with E-state index in [4.69, 9.17) is 4.74 Å². The van der Waals surface area contributed by atoms with Gasteiger partial charge in [-0.25, -0.2) is 4.90 Å². The monoisotopic (exact) mass is 360 g/mol. The molecule has 3 rings (SSSR count). The van der Waals surface area contributed by atoms with Crippen molar-refractivity contribution < 1.29 is 14.3 Å². The molecule has 2 amide bonds. The van der Waals surface area contributed by atoms with Gasteiger partial charge in [-0.3, -0.25) is 14.5 Å². The predicted molar refractivity (Wildman–Crippen MR) is 99.0 cm³/mol. The minimum atomic E-state index is -0.456. The van der Waals surface area contributed by atoms with Crippen molar-refractivity contribution in [1.82, 2.24) is 4.90 Å². The van der Waals surface area contributed by atoms with Gasteiger partial charge in [0.25, 0.3) is 5.91 Å². The molecule has 25 heavy (non-hydrogen) atoms. The molecule has 1 atom stereocenters. The first kappa shape index (κ1) is 19.0. The molecule has 2 aromatic carbocycles. The summed E-state index contributed by atoms with van der Waals surface area (Å²) in [5.41, 5.74) is 1.61. The Morgan fingerprint density at radius 1 is 1.08 bits per heavy atom. The highest BCUT2D eigenvalue weighted by Crippen LogP contribution is 2.33. The summed E-state index contributed by atoms with van der Waals surface area (Å²) >= 11 is 0. The quantitative estimate of drug-likeness (QED) is 0.769. The van der Waals surface area contributed by atoms with Crippen molar-refractivity contribution in [2.75, 3.05) is 19.1 Å². The fourth-order valence-electron chi connectivity index (χ4n) is 3.01. The zero-order valence-corrected chi connectivity index (χ0v) is 15.0. The molecule has 1 saturated heterocycles. The SMILES string of the molecule is COc1ccccc1N1C(=O)CC(N(C)Cc2ccccc2)C1=O.Cl. The summed E-state index contributed by atoms with van der Waals surface area (Å²) < 4.78 is 5.29. The van der Waals surface area contributed by atoms with Crippen LogP contribution in [0.1, 0.15) is 12.0 Å². The molecule has 0 saturated carbocycles. The summed E-state index contributed by atoms with van der Waals surface area (Å²) in [4.78, 5) is 28.4. The van der Waals surface area contributed by atoms with Crippen molar-refractivity contribution in [3.8, 4) is 5.75 Å². The number of imide groups is 1. The summed E-state index contributed by atoms with van der Waals surface area (Å²) in [6.07, 6.45) is 0.181. The van der Waals surface area contributed by atoms with Gasteiger partial charge in [-0.1, -0.05) is 42.5 Å². The van der Waals surface area contributed by atoms with Crippen molar-refractivity contribution in [3.63, 3.8) is 0 Å². The molecule has 0 aliphatic carbocycles. The van der Waals surface area contributed by atoms with E-state index < -0.39 is 6.04 Å². The van der Waals surface area contributed by atoms with Gasteiger partial charge in [0.1, 0.15) is 5.75 Å². The third kappa shape index (κ3) is 3.83. The average Bonchev–Trinajstić information content (AvgIpc) is 2.90. The van der Waals surface area contributed by atoms with Crippen LogP contribution in [0.15, 0.2) is 54.6 Å². The van der Waals surface area contributed by atoms with E-state index in [1.807, 2.05) is 48.3 Å². The number of halogens is 1. The normalized spacial score (nSPS) is 16.9. The average molecular weight is 361 g/mol. The molecule has 0 N–H and O–H groups in total. The lowest BCUT2D eigenvalue weighted by molar-refractivity contribution is -0.122. The maximum Gasteiger partial charge on any atom is 0.251 e. The van der Waals surface area contributed by atoms with Crippen molar-refractivity contribution in [1.29, 1.82) is 0 Å². The molecule has 0 spiro atoms. The number of amides is 2. The molecule has 1 aliphatic heterocycles. The second kappa shape index (κ2) is 8.14. The van der Waals surface area contributed by atoms with E-state index in [9.17, 15) is 9.59 Å². The van der Waals surface area contributed by atoms with E-state index in [0.29, 0.717) is 18.0 Å². The number of hydrogen-bond donors (Lipinski definition) is 0. The Hall–Kier alpha value is -2.37. The molecule has 0 radical (unpaired) electrons. The standard InChI is InChI=1S/C19H20N2O3.ClH/c1-20(13-14-8-4-3-5-9-14)16-12-18(22)21(19(16)23)15-10-6-7-11-17(15)24-2;/h3-11,16H,12-13H2,1-2H3;1H. The van der Waals surface area contributed by atoms with Crippen LogP contribution in [-0.2, 0) is 16.1 Å². The van der Waals surface area contributed by atoms with Gasteiger partial charge >= 0.3 is 0 Å². The number of para-hydroxylation sites is 2. The first-order valence-corrected chi connectivity index (χ1v) is 7.86. The Labute approximate surface area is 153 Å². The number of hydrogen-bond acceptors (Lipinski definition) is 4. The van der Waals surface area contributed by atoms with E-state index in [0.717, 1.165) is 5.56 Å². The van der Waals surface area contributed by atoms with Gasteiger partial charge in [0.15, 0.2) is 0 Å². The van der Waals surface area contributed by atoms with E-state index >= 15 is 0 Å². The van der Waals surface area contributed by atoms with E-state index in [1.165, 1.54) is 12.0 Å². The maximum atomic E-state index is 12.8. The molecule has 1 fully saturated rings. The van der Waals surface area contributed by atoms with Gasteiger partial charge in [-0.2, -0.15) is 0 Å². The van der Waals surface area contributed by atoms with Crippen molar-refractivity contribution in [2.45, 2.75) is 19.0 Å². The summed E-state index contributed by atoms with van der Waals surface area (Å²) in [6, 6.07) is 16.5. The van der Waals surface area contributed by atoms with Crippen molar-refractivity contribution in [2.24, 2.45) is 0 Å². The molecule has 0 bridgehead atoms.